The molecule has 23 heteroatoms. The van der Waals surface area contributed by atoms with E-state index in [1.165, 1.54) is 40.0 Å². The molecule has 5 heterocycles. The van der Waals surface area contributed by atoms with Crippen LogP contribution in [-0.4, -0.2) is 204 Å². The Kier molecular flexibility index (Phi) is 24.5. The van der Waals surface area contributed by atoms with Gasteiger partial charge in [-0.15, -0.1) is 5.10 Å². The molecule has 0 spiro atoms. The smallest absolute Gasteiger partial charge is 0.311 e. The fourth-order valence-corrected chi connectivity index (χ4v) is 12.4. The Morgan fingerprint density at radius 2 is 1.55 bits per heavy atom. The first-order chi connectivity index (χ1) is 39.3. The van der Waals surface area contributed by atoms with Gasteiger partial charge in [0.2, 0.25) is 6.79 Å². The minimum absolute atomic E-state index is 0.0812. The highest BCUT2D eigenvalue weighted by molar-refractivity contribution is 5.88. The highest BCUT2D eigenvalue weighted by Crippen LogP contribution is 2.43. The van der Waals surface area contributed by atoms with E-state index in [1.54, 1.807) is 54.1 Å². The second-order valence-electron chi connectivity index (χ2n) is 23.7. The van der Waals surface area contributed by atoms with Crippen molar-refractivity contribution < 1.29 is 81.8 Å². The average molecular weight is 1180 g/mol. The van der Waals surface area contributed by atoms with Gasteiger partial charge in [0.15, 0.2) is 12.6 Å². The Labute approximate surface area is 489 Å². The predicted molar refractivity (Wildman–Crippen MR) is 304 cm³/mol. The number of halogens is 1. The summed E-state index contributed by atoms with van der Waals surface area (Å²) in [5.41, 5.74) is 0.0403. The number of aliphatic hydroxyl groups excluding tert-OH is 3. The number of ether oxygens (including phenoxy) is 10. The number of esters is 1. The summed E-state index contributed by atoms with van der Waals surface area (Å²) in [6, 6.07) is 10.3. The number of pyridine rings is 1. The molecule has 3 fully saturated rings. The number of benzene rings is 1. The summed E-state index contributed by atoms with van der Waals surface area (Å²) in [5.74, 6) is -4.01. The van der Waals surface area contributed by atoms with Crippen molar-refractivity contribution in [1.82, 2.24) is 24.9 Å². The number of aliphatic hydroxyl groups is 4. The molecule has 0 saturated carbocycles. The summed E-state index contributed by atoms with van der Waals surface area (Å²) in [6.45, 7) is 17.4. The van der Waals surface area contributed by atoms with Crippen LogP contribution in [-0.2, 0) is 70.0 Å². The minimum atomic E-state index is -1.97. The Hall–Kier alpha value is -4.18. The zero-order chi connectivity index (χ0) is 61.1. The second kappa shape index (κ2) is 30.0. The van der Waals surface area contributed by atoms with E-state index < -0.39 is 133 Å². The number of cyclic esters (lactones) is 1. The van der Waals surface area contributed by atoms with Gasteiger partial charge in [0, 0.05) is 96.7 Å². The van der Waals surface area contributed by atoms with Crippen LogP contribution in [0.15, 0.2) is 53.9 Å². The van der Waals surface area contributed by atoms with Crippen LogP contribution in [0.3, 0.4) is 0 Å². The van der Waals surface area contributed by atoms with Crippen molar-refractivity contribution in [2.24, 2.45) is 28.8 Å². The van der Waals surface area contributed by atoms with Crippen molar-refractivity contribution >= 4 is 11.7 Å². The number of aromatic nitrogens is 4. The van der Waals surface area contributed by atoms with Crippen molar-refractivity contribution in [1.29, 1.82) is 0 Å². The second-order valence-corrected chi connectivity index (χ2v) is 23.7. The molecule has 22 nitrogen and oxygen atoms in total. The van der Waals surface area contributed by atoms with Crippen LogP contribution < -0.4 is 0 Å². The summed E-state index contributed by atoms with van der Waals surface area (Å²) in [7, 11) is 9.55. The maximum Gasteiger partial charge on any atom is 0.311 e. The van der Waals surface area contributed by atoms with Gasteiger partial charge in [-0.05, 0) is 85.0 Å². The van der Waals surface area contributed by atoms with Gasteiger partial charge in [0.25, 0.3) is 0 Å². The molecule has 0 radical (unpaired) electrons. The van der Waals surface area contributed by atoms with Crippen LogP contribution in [0.25, 0.3) is 11.1 Å². The number of hydrogen-bond donors (Lipinski definition) is 4. The summed E-state index contributed by atoms with van der Waals surface area (Å²) in [4.78, 5) is 26.8. The lowest BCUT2D eigenvalue weighted by molar-refractivity contribution is -0.319. The molecular formula is C60H95FN6O16. The van der Waals surface area contributed by atoms with E-state index in [1.807, 2.05) is 76.0 Å². The molecule has 0 amide bonds. The lowest BCUT2D eigenvalue weighted by Gasteiger charge is -2.50. The van der Waals surface area contributed by atoms with Crippen molar-refractivity contribution in [2.45, 2.75) is 204 Å². The van der Waals surface area contributed by atoms with E-state index >= 15 is 4.39 Å². The topological polar surface area (TPSA) is 259 Å². The maximum atomic E-state index is 15.1. The molecule has 468 valence electrons. The number of nitrogens with zero attached hydrogens (tertiary/aromatic N) is 6. The monoisotopic (exact) mass is 1170 g/mol. The molecule has 3 aliphatic rings. The fraction of sp³-hybridized carbons (Fsp3) is 0.750. The van der Waals surface area contributed by atoms with Crippen LogP contribution in [0.5, 0.6) is 0 Å². The molecular weight excluding hydrogens is 1080 g/mol. The van der Waals surface area contributed by atoms with Crippen molar-refractivity contribution in [3.05, 3.63) is 65.7 Å². The van der Waals surface area contributed by atoms with Gasteiger partial charge in [0.1, 0.15) is 42.7 Å². The number of carbonyl (C=O) groups excluding carboxylic acids is 1. The molecule has 0 bridgehead atoms. The molecule has 20 atom stereocenters. The summed E-state index contributed by atoms with van der Waals surface area (Å²) < 4.78 is 78.3. The van der Waals surface area contributed by atoms with Crippen LogP contribution in [0, 0.1) is 23.7 Å². The number of likely N-dealkylation sites (N-methyl/N-ethyl adjacent to an activating group) is 1. The van der Waals surface area contributed by atoms with E-state index in [4.69, 9.17) is 52.2 Å². The molecule has 3 aromatic rings. The third-order valence-corrected chi connectivity index (χ3v) is 17.6. The normalized spacial score (nSPS) is 36.3. The van der Waals surface area contributed by atoms with Crippen LogP contribution >= 0.6 is 0 Å². The Morgan fingerprint density at radius 1 is 0.867 bits per heavy atom. The Morgan fingerprint density at radius 3 is 2.16 bits per heavy atom. The molecule has 0 unspecified atom stereocenters. The van der Waals surface area contributed by atoms with E-state index in [9.17, 15) is 25.2 Å². The Balaban J connectivity index is 1.29. The van der Waals surface area contributed by atoms with Gasteiger partial charge >= 0.3 is 5.97 Å². The van der Waals surface area contributed by atoms with Gasteiger partial charge in [-0.1, -0.05) is 68.4 Å². The first-order valence-corrected chi connectivity index (χ1v) is 29.0. The third-order valence-electron chi connectivity index (χ3n) is 17.6. The Bertz CT molecular complexity index is 2500. The summed E-state index contributed by atoms with van der Waals surface area (Å²) in [5, 5.41) is 61.2. The van der Waals surface area contributed by atoms with Crippen LogP contribution in [0.4, 0.5) is 4.39 Å². The SMILES string of the molecule is CC[C@H]1OC(=O)[C@H](C)[C@@H](O[C@H]2C[C@@](C)(OC)[C@@H](O)[C@H](C)O2)[C@H](C)[C@@H](O[C@@H]2O[C@H](C)C[C@H](N(C)CCc3cn([C@H](CF)[C@H](OC)c4ccc(-c5ccc(COC)nc5)cc4)nn3)[C@H]2O)[C@](C)(OC)C[C@@H](C)/C(=N\OCOC)[C@H](C)[C@@H](O)[C@]1(C)O. The van der Waals surface area contributed by atoms with Crippen molar-refractivity contribution in [3.8, 4) is 11.1 Å². The summed E-state index contributed by atoms with van der Waals surface area (Å²) >= 11 is 0. The fourth-order valence-electron chi connectivity index (χ4n) is 12.4. The maximum absolute atomic E-state index is 15.1. The molecule has 6 rings (SSSR count). The largest absolute Gasteiger partial charge is 0.459 e. The number of hydrogen-bond acceptors (Lipinski definition) is 21. The minimum Gasteiger partial charge on any atom is -0.459 e. The number of carbonyl (C=O) groups is 1. The lowest BCUT2D eigenvalue weighted by atomic mass is 9.73. The number of alkyl halides is 1. The predicted octanol–water partition coefficient (Wildman–Crippen LogP) is 6.16. The zero-order valence-electron chi connectivity index (χ0n) is 51.5. The van der Waals surface area contributed by atoms with E-state index in [-0.39, 0.29) is 26.1 Å². The van der Waals surface area contributed by atoms with Gasteiger partial charge in [-0.2, -0.15) is 0 Å². The van der Waals surface area contributed by atoms with E-state index in [2.05, 4.69) is 20.5 Å². The van der Waals surface area contributed by atoms with Gasteiger partial charge < -0.3 is 77.5 Å². The number of methoxy groups -OCH3 is 5. The standard InChI is InChI=1S/C60H95FN6O16/c1-17-47-60(10,72)53(69)36(4)49(64-78-33-74-13)34(2)27-59(9,77-16)55(37(5)51(38(6)56(71)81-47)82-48-28-58(8,76-15)54(70)39(7)80-48)83-57-50(68)45(26-35(3)79-57)66(11)25-24-43-31-67(65-63-43)46(29-61)52(75-14)41-20-18-40(19-21-41)42-22-23-44(32-73-12)62-30-42/h18-23,30-31,34-39,45-48,50-55,57,68-70,72H,17,24-29,32-33H2,1-16H3/b64-49+/t34-,35-,36+,37+,38-,39+,45+,46-,47-,48+,50-,51+,52-,53-,54+,55-,57+,58-,59-,60-/m1/s1. The van der Waals surface area contributed by atoms with Gasteiger partial charge in [-0.3, -0.25) is 9.78 Å². The number of oxime groups is 1. The van der Waals surface area contributed by atoms with E-state index in [0.29, 0.717) is 37.4 Å². The molecule has 3 aliphatic heterocycles. The highest BCUT2D eigenvalue weighted by atomic mass is 19.1. The zero-order valence-corrected chi connectivity index (χ0v) is 51.5. The van der Waals surface area contributed by atoms with Crippen LogP contribution in [0.1, 0.15) is 124 Å². The molecule has 0 aliphatic carbocycles. The quantitative estimate of drug-likeness (QED) is 0.0380. The van der Waals surface area contributed by atoms with E-state index in [0.717, 1.165) is 22.4 Å². The molecule has 83 heavy (non-hydrogen) atoms. The first-order valence-electron chi connectivity index (χ1n) is 29.0. The highest BCUT2D eigenvalue weighted by Gasteiger charge is 2.54. The van der Waals surface area contributed by atoms with Crippen molar-refractivity contribution in [2.75, 3.05) is 62.6 Å². The molecule has 2 aromatic heterocycles. The van der Waals surface area contributed by atoms with Gasteiger partial charge in [-0.25, -0.2) is 9.07 Å². The molecule has 3 saturated heterocycles. The molecule has 1 aromatic carbocycles. The van der Waals surface area contributed by atoms with Crippen molar-refractivity contribution in [3.63, 3.8) is 0 Å². The molecule has 4 N–H and O–H groups in total. The third kappa shape index (κ3) is 15.9. The average Bonchev–Trinajstić information content (AvgIpc) is 4.09. The van der Waals surface area contributed by atoms with Gasteiger partial charge in [0.05, 0.1) is 71.3 Å². The first kappa shape index (κ1) is 67.9. The lowest BCUT2D eigenvalue weighted by Crippen LogP contribution is -2.61. The van der Waals surface area contributed by atoms with Crippen LogP contribution in [0.2, 0.25) is 0 Å². The number of rotatable bonds is 22. The summed E-state index contributed by atoms with van der Waals surface area (Å²) in [6.07, 6.45) is -6.47.